The molecule has 1 aromatic heterocycles. The number of thiazole rings is 1. The number of aryl methyl sites for hydroxylation is 2. The fraction of sp³-hybridized carbons (Fsp3) is 0.524. The summed E-state index contributed by atoms with van der Waals surface area (Å²) in [5, 5.41) is 0. The molecule has 0 radical (unpaired) electrons. The number of ether oxygens (including phenoxy) is 1. The number of aromatic nitrogens is 1. The Morgan fingerprint density at radius 3 is 2.44 bits per heavy atom. The van der Waals surface area contributed by atoms with Gasteiger partial charge in [-0.25, -0.2) is 4.99 Å². The van der Waals surface area contributed by atoms with Gasteiger partial charge in [0.1, 0.15) is 0 Å². The summed E-state index contributed by atoms with van der Waals surface area (Å²) in [5.41, 5.74) is 4.35. The second-order valence-corrected chi connectivity index (χ2v) is 8.14. The van der Waals surface area contributed by atoms with Gasteiger partial charge in [-0.15, -0.1) is 0 Å². The summed E-state index contributed by atoms with van der Waals surface area (Å²) < 4.78 is 7.64. The predicted octanol–water partition coefficient (Wildman–Crippen LogP) is 3.63. The Labute approximate surface area is 165 Å². The van der Waals surface area contributed by atoms with E-state index in [1.807, 2.05) is 6.92 Å². The molecule has 2 heterocycles. The van der Waals surface area contributed by atoms with Crippen LogP contribution in [-0.4, -0.2) is 48.1 Å². The summed E-state index contributed by atoms with van der Waals surface area (Å²) in [6, 6.07) is 6.22. The fourth-order valence-corrected chi connectivity index (χ4v) is 4.57. The smallest absolute Gasteiger partial charge is 0.190 e. The van der Waals surface area contributed by atoms with E-state index in [1.165, 1.54) is 11.3 Å². The summed E-state index contributed by atoms with van der Waals surface area (Å²) >= 11 is 1.51. The quantitative estimate of drug-likeness (QED) is 0.711. The van der Waals surface area contributed by atoms with Gasteiger partial charge < -0.3 is 9.30 Å². The largest absolute Gasteiger partial charge is 0.379 e. The van der Waals surface area contributed by atoms with E-state index in [9.17, 15) is 4.79 Å². The molecule has 0 N–H and O–H groups in total. The molecule has 1 aromatic carbocycles. The van der Waals surface area contributed by atoms with Gasteiger partial charge in [0.15, 0.2) is 10.6 Å². The number of benzene rings is 1. The molecule has 3 rings (SSSR count). The van der Waals surface area contributed by atoms with Crippen molar-refractivity contribution in [3.8, 4) is 0 Å². The molecule has 1 aliphatic rings. The van der Waals surface area contributed by atoms with E-state index < -0.39 is 0 Å². The molecule has 6 heteroatoms. The topological polar surface area (TPSA) is 46.8 Å². The van der Waals surface area contributed by atoms with E-state index >= 15 is 0 Å². The van der Waals surface area contributed by atoms with Gasteiger partial charge in [0, 0.05) is 38.8 Å². The lowest BCUT2D eigenvalue weighted by atomic mass is 10.1. The summed E-state index contributed by atoms with van der Waals surface area (Å²) in [5.74, 6) is 0.113. The normalized spacial score (nSPS) is 16.1. The van der Waals surface area contributed by atoms with Crippen molar-refractivity contribution < 1.29 is 9.53 Å². The third-order valence-corrected chi connectivity index (χ3v) is 6.37. The number of hydrogen-bond donors (Lipinski definition) is 0. The Hall–Kier alpha value is -1.76. The second kappa shape index (κ2) is 8.95. The average Bonchev–Trinajstić information content (AvgIpc) is 2.95. The van der Waals surface area contributed by atoms with E-state index in [-0.39, 0.29) is 5.78 Å². The van der Waals surface area contributed by atoms with Crippen molar-refractivity contribution in [3.63, 3.8) is 0 Å². The van der Waals surface area contributed by atoms with Gasteiger partial charge in [-0.05, 0) is 38.3 Å². The number of rotatable bonds is 6. The van der Waals surface area contributed by atoms with Crippen molar-refractivity contribution in [1.82, 2.24) is 9.47 Å². The molecule has 0 bridgehead atoms. The van der Waals surface area contributed by atoms with Crippen LogP contribution in [0.1, 0.15) is 39.8 Å². The van der Waals surface area contributed by atoms with Crippen molar-refractivity contribution in [2.45, 2.75) is 40.7 Å². The third-order valence-electron chi connectivity index (χ3n) is 5.08. The Kier molecular flexibility index (Phi) is 6.63. The number of carbonyl (C=O) groups excluding carboxylic acids is 1. The minimum Gasteiger partial charge on any atom is -0.379 e. The average molecular weight is 388 g/mol. The van der Waals surface area contributed by atoms with Crippen LogP contribution in [0, 0.1) is 20.8 Å². The van der Waals surface area contributed by atoms with Gasteiger partial charge in [-0.3, -0.25) is 9.69 Å². The maximum Gasteiger partial charge on any atom is 0.190 e. The van der Waals surface area contributed by atoms with E-state index in [2.05, 4.69) is 41.5 Å². The van der Waals surface area contributed by atoms with Crippen LogP contribution < -0.4 is 4.80 Å². The first-order chi connectivity index (χ1) is 13.0. The number of ketones is 1. The van der Waals surface area contributed by atoms with Crippen molar-refractivity contribution in [3.05, 3.63) is 44.7 Å². The number of para-hydroxylation sites is 1. The molecular weight excluding hydrogens is 358 g/mol. The van der Waals surface area contributed by atoms with Gasteiger partial charge in [-0.2, -0.15) is 0 Å². The summed E-state index contributed by atoms with van der Waals surface area (Å²) in [4.78, 5) is 21.2. The molecule has 0 saturated carbocycles. The summed E-state index contributed by atoms with van der Waals surface area (Å²) in [6.45, 7) is 13.4. The van der Waals surface area contributed by atoms with Crippen LogP contribution in [0.25, 0.3) is 0 Å². The Morgan fingerprint density at radius 2 is 1.81 bits per heavy atom. The zero-order valence-corrected chi connectivity index (χ0v) is 17.6. The van der Waals surface area contributed by atoms with E-state index in [0.29, 0.717) is 0 Å². The monoisotopic (exact) mass is 387 g/mol. The molecule has 2 aromatic rings. The standard InChI is InChI=1S/C21H29N3O2S/c1-15-7-5-8-16(2)19(15)22-21-24(17(3)20(27-21)18(4)25)10-6-9-23-11-13-26-14-12-23/h5,7-8H,6,9-14H2,1-4H3. The van der Waals surface area contributed by atoms with E-state index in [1.54, 1.807) is 6.92 Å². The zero-order valence-electron chi connectivity index (χ0n) is 16.7. The minimum atomic E-state index is 0.113. The van der Waals surface area contributed by atoms with Gasteiger partial charge in [0.2, 0.25) is 0 Å². The summed E-state index contributed by atoms with van der Waals surface area (Å²) in [6.07, 6.45) is 1.04. The van der Waals surface area contributed by atoms with Crippen LogP contribution >= 0.6 is 11.3 Å². The molecule has 0 aliphatic carbocycles. The fourth-order valence-electron chi connectivity index (χ4n) is 3.51. The minimum absolute atomic E-state index is 0.113. The van der Waals surface area contributed by atoms with Gasteiger partial charge in [-0.1, -0.05) is 29.5 Å². The predicted molar refractivity (Wildman–Crippen MR) is 110 cm³/mol. The Morgan fingerprint density at radius 1 is 1.15 bits per heavy atom. The van der Waals surface area contributed by atoms with E-state index in [0.717, 1.165) is 78.0 Å². The molecule has 0 unspecified atom stereocenters. The third kappa shape index (κ3) is 4.75. The van der Waals surface area contributed by atoms with Crippen molar-refractivity contribution in [2.24, 2.45) is 4.99 Å². The molecule has 0 spiro atoms. The second-order valence-electron chi connectivity index (χ2n) is 7.17. The highest BCUT2D eigenvalue weighted by Crippen LogP contribution is 2.23. The first-order valence-electron chi connectivity index (χ1n) is 9.59. The number of morpholine rings is 1. The molecular formula is C21H29N3O2S. The molecule has 0 atom stereocenters. The highest BCUT2D eigenvalue weighted by molar-refractivity contribution is 7.11. The van der Waals surface area contributed by atoms with Crippen LogP contribution in [0.4, 0.5) is 5.69 Å². The van der Waals surface area contributed by atoms with Crippen LogP contribution in [0.15, 0.2) is 23.2 Å². The molecule has 0 amide bonds. The first kappa shape index (κ1) is 20.0. The number of Topliss-reactive ketones (excluding diaryl/α,β-unsaturated/α-hetero) is 1. The highest BCUT2D eigenvalue weighted by atomic mass is 32.1. The molecule has 146 valence electrons. The highest BCUT2D eigenvalue weighted by Gasteiger charge is 2.15. The lowest BCUT2D eigenvalue weighted by Gasteiger charge is -2.26. The number of nitrogens with zero attached hydrogens (tertiary/aromatic N) is 3. The lowest BCUT2D eigenvalue weighted by molar-refractivity contribution is 0.0369. The van der Waals surface area contributed by atoms with Crippen LogP contribution in [0.5, 0.6) is 0 Å². The molecule has 5 nitrogen and oxygen atoms in total. The molecule has 1 saturated heterocycles. The maximum absolute atomic E-state index is 12.1. The Balaban J connectivity index is 1.89. The number of carbonyl (C=O) groups is 1. The van der Waals surface area contributed by atoms with Crippen LogP contribution in [0.3, 0.4) is 0 Å². The van der Waals surface area contributed by atoms with Crippen molar-refractivity contribution in [1.29, 1.82) is 0 Å². The van der Waals surface area contributed by atoms with Gasteiger partial charge >= 0.3 is 0 Å². The molecule has 1 fully saturated rings. The Bertz CT molecular complexity index is 856. The maximum atomic E-state index is 12.1. The first-order valence-corrected chi connectivity index (χ1v) is 10.4. The van der Waals surface area contributed by atoms with Gasteiger partial charge in [0.25, 0.3) is 0 Å². The van der Waals surface area contributed by atoms with Crippen LogP contribution in [0.2, 0.25) is 0 Å². The zero-order chi connectivity index (χ0) is 19.4. The van der Waals surface area contributed by atoms with Gasteiger partial charge in [0.05, 0.1) is 23.8 Å². The SMILES string of the molecule is CC(=O)c1sc(=Nc2c(C)cccc2C)n(CCCN2CCOCC2)c1C. The molecule has 27 heavy (non-hydrogen) atoms. The van der Waals surface area contributed by atoms with Crippen molar-refractivity contribution >= 4 is 22.8 Å². The molecule has 1 aliphatic heterocycles. The van der Waals surface area contributed by atoms with Crippen LogP contribution in [-0.2, 0) is 11.3 Å². The number of hydrogen-bond acceptors (Lipinski definition) is 5. The van der Waals surface area contributed by atoms with E-state index in [4.69, 9.17) is 9.73 Å². The summed E-state index contributed by atoms with van der Waals surface area (Å²) in [7, 11) is 0. The lowest BCUT2D eigenvalue weighted by Crippen LogP contribution is -2.37. The van der Waals surface area contributed by atoms with Crippen molar-refractivity contribution in [2.75, 3.05) is 32.8 Å².